The maximum absolute atomic E-state index is 11.8. The summed E-state index contributed by atoms with van der Waals surface area (Å²) in [6, 6.07) is 6.77. The van der Waals surface area contributed by atoms with Gasteiger partial charge in [0.15, 0.2) is 0 Å². The first-order valence-electron chi connectivity index (χ1n) is 4.77. The fourth-order valence-corrected chi connectivity index (χ4v) is 3.79. The van der Waals surface area contributed by atoms with E-state index in [1.807, 2.05) is 13.8 Å². The quantitative estimate of drug-likeness (QED) is 0.774. The van der Waals surface area contributed by atoms with E-state index in [-0.39, 0.29) is 16.2 Å². The predicted molar refractivity (Wildman–Crippen MR) is 63.1 cm³/mol. The Kier molecular flexibility index (Phi) is 2.94. The fourth-order valence-electron chi connectivity index (χ4n) is 1.25. The van der Waals surface area contributed by atoms with Crippen molar-refractivity contribution in [2.45, 2.75) is 29.7 Å². The van der Waals surface area contributed by atoms with Crippen molar-refractivity contribution < 1.29 is 13.2 Å². The number of nitrogens with zero attached hydrogens (tertiary/aromatic N) is 1. The molecule has 0 amide bonds. The second-order valence-corrected chi connectivity index (χ2v) is 6.11. The molecule has 0 spiro atoms. The largest absolute Gasteiger partial charge is 0.469 e. The molecule has 0 aromatic heterocycles. The molecule has 2 rings (SSSR count). The van der Waals surface area contributed by atoms with Crippen molar-refractivity contribution in [3.8, 4) is 0 Å². The van der Waals surface area contributed by atoms with E-state index in [1.165, 1.54) is 11.8 Å². The van der Waals surface area contributed by atoms with Gasteiger partial charge in [0, 0.05) is 4.90 Å². The smallest absolute Gasteiger partial charge is 0.287 e. The summed E-state index contributed by atoms with van der Waals surface area (Å²) in [4.78, 5) is 0.907. The lowest BCUT2D eigenvalue weighted by molar-refractivity contribution is 0.237. The topological polar surface area (TPSA) is 55.7 Å². The van der Waals surface area contributed by atoms with Crippen molar-refractivity contribution in [1.82, 2.24) is 0 Å². The van der Waals surface area contributed by atoms with Gasteiger partial charge in [-0.1, -0.05) is 12.1 Å². The van der Waals surface area contributed by atoms with Crippen molar-refractivity contribution in [3.05, 3.63) is 24.3 Å². The van der Waals surface area contributed by atoms with Crippen LogP contribution in [0.5, 0.6) is 0 Å². The second kappa shape index (κ2) is 4.10. The number of hydrogen-bond acceptors (Lipinski definition) is 4. The van der Waals surface area contributed by atoms with Crippen molar-refractivity contribution >= 4 is 27.0 Å². The molecule has 0 saturated carbocycles. The number of rotatable bonds is 1. The van der Waals surface area contributed by atoms with Crippen LogP contribution in [-0.2, 0) is 14.8 Å². The zero-order valence-electron chi connectivity index (χ0n) is 8.88. The first-order chi connectivity index (χ1) is 7.49. The molecule has 0 fully saturated rings. The maximum atomic E-state index is 11.8. The van der Waals surface area contributed by atoms with Crippen LogP contribution in [0, 0.1) is 0 Å². The molecular formula is C10H11NO3S2. The van der Waals surface area contributed by atoms with Gasteiger partial charge in [0.25, 0.3) is 15.3 Å². The Bertz CT molecular complexity index is 535. The summed E-state index contributed by atoms with van der Waals surface area (Å²) in [7, 11) is -3.59. The highest BCUT2D eigenvalue weighted by Crippen LogP contribution is 2.34. The molecule has 0 radical (unpaired) electrons. The van der Waals surface area contributed by atoms with Crippen LogP contribution in [0.2, 0.25) is 0 Å². The summed E-state index contributed by atoms with van der Waals surface area (Å²) in [5, 5.41) is 0.189. The monoisotopic (exact) mass is 257 g/mol. The molecular weight excluding hydrogens is 246 g/mol. The van der Waals surface area contributed by atoms with E-state index in [0.29, 0.717) is 4.90 Å². The van der Waals surface area contributed by atoms with Crippen LogP contribution in [-0.4, -0.2) is 19.8 Å². The normalized spacial score (nSPS) is 17.8. The molecule has 0 saturated heterocycles. The van der Waals surface area contributed by atoms with Gasteiger partial charge in [-0.25, -0.2) is 0 Å². The molecule has 1 aliphatic heterocycles. The van der Waals surface area contributed by atoms with E-state index >= 15 is 0 Å². The minimum Gasteiger partial charge on any atom is -0.469 e. The van der Waals surface area contributed by atoms with Gasteiger partial charge in [0.2, 0.25) is 0 Å². The average Bonchev–Trinajstić information content (AvgIpc) is 2.15. The van der Waals surface area contributed by atoms with E-state index < -0.39 is 10.0 Å². The van der Waals surface area contributed by atoms with Crippen LogP contribution in [0.3, 0.4) is 0 Å². The summed E-state index contributed by atoms with van der Waals surface area (Å²) < 4.78 is 32.5. The Balaban J connectivity index is 2.44. The van der Waals surface area contributed by atoms with Gasteiger partial charge in [0.05, 0.1) is 6.10 Å². The number of ether oxygens (including phenoxy) is 1. The van der Waals surface area contributed by atoms with Crippen molar-refractivity contribution in [3.63, 3.8) is 0 Å². The summed E-state index contributed by atoms with van der Waals surface area (Å²) in [6.45, 7) is 3.66. The third kappa shape index (κ3) is 2.22. The predicted octanol–water partition coefficient (Wildman–Crippen LogP) is 2.26. The highest BCUT2D eigenvalue weighted by Gasteiger charge is 2.26. The third-order valence-electron chi connectivity index (χ3n) is 1.86. The van der Waals surface area contributed by atoms with Crippen molar-refractivity contribution in [2.24, 2.45) is 4.40 Å². The van der Waals surface area contributed by atoms with Gasteiger partial charge in [-0.2, -0.15) is 8.42 Å². The van der Waals surface area contributed by atoms with Gasteiger partial charge < -0.3 is 4.74 Å². The molecule has 1 heterocycles. The molecule has 0 aliphatic carbocycles. The standard InChI is InChI=1S/C10H11NO3S2/c1-7(2)14-10-11-16(12,13)9-6-4-3-5-8(9)15-10/h3-7H,1-2H3. The Labute approximate surface area is 98.8 Å². The van der Waals surface area contributed by atoms with Crippen LogP contribution in [0.25, 0.3) is 0 Å². The van der Waals surface area contributed by atoms with Crippen LogP contribution < -0.4 is 0 Å². The van der Waals surface area contributed by atoms with Crippen LogP contribution >= 0.6 is 11.8 Å². The third-order valence-corrected chi connectivity index (χ3v) is 4.36. The summed E-state index contributed by atoms with van der Waals surface area (Å²) in [5.74, 6) is 0. The molecule has 16 heavy (non-hydrogen) atoms. The van der Waals surface area contributed by atoms with Crippen LogP contribution in [0.1, 0.15) is 13.8 Å². The van der Waals surface area contributed by atoms with Gasteiger partial charge >= 0.3 is 0 Å². The summed E-state index contributed by atoms with van der Waals surface area (Å²) in [5.41, 5.74) is 0. The van der Waals surface area contributed by atoms with E-state index in [9.17, 15) is 8.42 Å². The molecule has 1 aromatic carbocycles. The zero-order valence-corrected chi connectivity index (χ0v) is 10.5. The molecule has 0 atom stereocenters. The van der Waals surface area contributed by atoms with Crippen molar-refractivity contribution in [2.75, 3.05) is 0 Å². The van der Waals surface area contributed by atoms with E-state index in [4.69, 9.17) is 4.74 Å². The van der Waals surface area contributed by atoms with Gasteiger partial charge in [-0.15, -0.1) is 4.40 Å². The fraction of sp³-hybridized carbons (Fsp3) is 0.300. The van der Waals surface area contributed by atoms with Crippen LogP contribution in [0.15, 0.2) is 38.5 Å². The molecule has 0 unspecified atom stereocenters. The van der Waals surface area contributed by atoms with E-state index in [1.54, 1.807) is 24.3 Å². The Hall–Kier alpha value is -1.01. The van der Waals surface area contributed by atoms with Crippen molar-refractivity contribution in [1.29, 1.82) is 0 Å². The lowest BCUT2D eigenvalue weighted by Gasteiger charge is -2.17. The Morgan fingerprint density at radius 1 is 1.31 bits per heavy atom. The second-order valence-electron chi connectivity index (χ2n) is 3.55. The average molecular weight is 257 g/mol. The Morgan fingerprint density at radius 2 is 2.00 bits per heavy atom. The molecule has 4 nitrogen and oxygen atoms in total. The van der Waals surface area contributed by atoms with E-state index in [0.717, 1.165) is 0 Å². The number of sulfonamides is 1. The molecule has 0 bridgehead atoms. The minimum atomic E-state index is -3.59. The molecule has 0 N–H and O–H groups in total. The number of fused-ring (bicyclic) bond motifs is 1. The summed E-state index contributed by atoms with van der Waals surface area (Å²) in [6.07, 6.45) is -0.0910. The lowest BCUT2D eigenvalue weighted by Crippen LogP contribution is -2.15. The Morgan fingerprint density at radius 3 is 2.69 bits per heavy atom. The zero-order chi connectivity index (χ0) is 11.8. The van der Waals surface area contributed by atoms with Gasteiger partial charge in [0.1, 0.15) is 4.90 Å². The highest BCUT2D eigenvalue weighted by atomic mass is 32.2. The van der Waals surface area contributed by atoms with Crippen LogP contribution in [0.4, 0.5) is 0 Å². The first-order valence-corrected chi connectivity index (χ1v) is 7.03. The SMILES string of the molecule is CC(C)OC1=NS(=O)(=O)c2ccccc2S1. The van der Waals surface area contributed by atoms with Gasteiger partial charge in [-0.3, -0.25) is 0 Å². The number of thioether (sulfide) groups is 1. The summed E-state index contributed by atoms with van der Waals surface area (Å²) >= 11 is 1.24. The lowest BCUT2D eigenvalue weighted by atomic mass is 10.4. The molecule has 6 heteroatoms. The first kappa shape index (κ1) is 11.5. The van der Waals surface area contributed by atoms with E-state index in [2.05, 4.69) is 4.40 Å². The number of hydrogen-bond donors (Lipinski definition) is 0. The number of benzene rings is 1. The highest BCUT2D eigenvalue weighted by molar-refractivity contribution is 8.15. The molecule has 86 valence electrons. The van der Waals surface area contributed by atoms with Gasteiger partial charge in [-0.05, 0) is 37.7 Å². The maximum Gasteiger partial charge on any atom is 0.287 e. The molecule has 1 aromatic rings. The minimum absolute atomic E-state index is 0.0910. The molecule has 1 aliphatic rings.